The molecule has 3 aromatic rings. The standard InChI is InChI=1S/C18H17F3N4O2S2/c19-18(20,21)17-22-14-6-2-1-5-13(14)16(23-17)24-8-4-9-25(11-10-24)29(26,27)15-7-3-12-28-15/h1-3,5-7,12H,4,8-11H2. The fourth-order valence-electron chi connectivity index (χ4n) is 3.31. The molecule has 1 aliphatic heterocycles. The largest absolute Gasteiger partial charge is 0.451 e. The molecule has 1 aromatic carbocycles. The fraction of sp³-hybridized carbons (Fsp3) is 0.333. The van der Waals surface area contributed by atoms with Crippen molar-refractivity contribution in [3.8, 4) is 0 Å². The third-order valence-electron chi connectivity index (χ3n) is 4.68. The van der Waals surface area contributed by atoms with Gasteiger partial charge in [-0.2, -0.15) is 17.5 Å². The predicted molar refractivity (Wildman–Crippen MR) is 104 cm³/mol. The van der Waals surface area contributed by atoms with Crippen molar-refractivity contribution in [2.24, 2.45) is 0 Å². The van der Waals surface area contributed by atoms with E-state index in [0.717, 1.165) is 11.3 Å². The maximum Gasteiger partial charge on any atom is 0.451 e. The van der Waals surface area contributed by atoms with E-state index in [2.05, 4.69) is 9.97 Å². The minimum atomic E-state index is -4.67. The third kappa shape index (κ3) is 3.94. The van der Waals surface area contributed by atoms with E-state index in [0.29, 0.717) is 24.9 Å². The highest BCUT2D eigenvalue weighted by molar-refractivity contribution is 7.91. The van der Waals surface area contributed by atoms with E-state index in [9.17, 15) is 21.6 Å². The van der Waals surface area contributed by atoms with Crippen molar-refractivity contribution in [1.29, 1.82) is 0 Å². The van der Waals surface area contributed by atoms with Gasteiger partial charge in [-0.1, -0.05) is 18.2 Å². The first kappa shape index (κ1) is 20.0. The second-order valence-electron chi connectivity index (χ2n) is 6.56. The van der Waals surface area contributed by atoms with Gasteiger partial charge in [0.1, 0.15) is 10.0 Å². The van der Waals surface area contributed by atoms with Gasteiger partial charge in [0.2, 0.25) is 5.82 Å². The monoisotopic (exact) mass is 442 g/mol. The number of benzene rings is 1. The van der Waals surface area contributed by atoms with Crippen LogP contribution in [0, 0.1) is 0 Å². The lowest BCUT2D eigenvalue weighted by atomic mass is 10.2. The lowest BCUT2D eigenvalue weighted by Crippen LogP contribution is -2.35. The molecule has 1 saturated heterocycles. The molecule has 154 valence electrons. The summed E-state index contributed by atoms with van der Waals surface area (Å²) in [4.78, 5) is 9.16. The van der Waals surface area contributed by atoms with Gasteiger partial charge in [0.15, 0.2) is 0 Å². The highest BCUT2D eigenvalue weighted by atomic mass is 32.2. The molecule has 0 spiro atoms. The lowest BCUT2D eigenvalue weighted by Gasteiger charge is -2.24. The second-order valence-corrected chi connectivity index (χ2v) is 9.67. The van der Waals surface area contributed by atoms with Crippen LogP contribution in [0.4, 0.5) is 19.0 Å². The van der Waals surface area contributed by atoms with Crippen LogP contribution in [0.15, 0.2) is 46.0 Å². The van der Waals surface area contributed by atoms with E-state index in [1.165, 1.54) is 10.4 Å². The summed E-state index contributed by atoms with van der Waals surface area (Å²) in [6.45, 7) is 1.10. The SMILES string of the molecule is O=S(=O)(c1cccs1)N1CCCN(c2nc(C(F)(F)F)nc3ccccc23)CC1. The molecule has 2 aromatic heterocycles. The van der Waals surface area contributed by atoms with Gasteiger partial charge in [-0.05, 0) is 30.0 Å². The summed E-state index contributed by atoms with van der Waals surface area (Å²) in [5.74, 6) is -1.02. The van der Waals surface area contributed by atoms with E-state index in [-0.39, 0.29) is 28.6 Å². The minimum absolute atomic E-state index is 0.167. The van der Waals surface area contributed by atoms with Crippen LogP contribution in [-0.2, 0) is 16.2 Å². The maximum absolute atomic E-state index is 13.3. The van der Waals surface area contributed by atoms with Crippen molar-refractivity contribution in [3.63, 3.8) is 0 Å². The predicted octanol–water partition coefficient (Wildman–Crippen LogP) is 3.61. The van der Waals surface area contributed by atoms with Crippen LogP contribution in [-0.4, -0.2) is 48.9 Å². The Hall–Kier alpha value is -2.24. The van der Waals surface area contributed by atoms with Crippen molar-refractivity contribution >= 4 is 38.1 Å². The van der Waals surface area contributed by atoms with Crippen molar-refractivity contribution in [3.05, 3.63) is 47.6 Å². The lowest BCUT2D eigenvalue weighted by molar-refractivity contribution is -0.144. The van der Waals surface area contributed by atoms with Crippen molar-refractivity contribution in [2.45, 2.75) is 16.8 Å². The molecule has 0 amide bonds. The number of alkyl halides is 3. The highest BCUT2D eigenvalue weighted by Crippen LogP contribution is 2.32. The molecule has 0 saturated carbocycles. The number of hydrogen-bond acceptors (Lipinski definition) is 6. The normalized spacial score (nSPS) is 16.9. The van der Waals surface area contributed by atoms with Crippen LogP contribution >= 0.6 is 11.3 Å². The number of anilines is 1. The van der Waals surface area contributed by atoms with Crippen LogP contribution in [0.5, 0.6) is 0 Å². The Morgan fingerprint density at radius 3 is 2.48 bits per heavy atom. The zero-order valence-electron chi connectivity index (χ0n) is 15.1. The number of thiophene rings is 1. The highest BCUT2D eigenvalue weighted by Gasteiger charge is 2.36. The number of halogens is 3. The molecule has 6 nitrogen and oxygen atoms in total. The van der Waals surface area contributed by atoms with E-state index >= 15 is 0 Å². The minimum Gasteiger partial charge on any atom is -0.355 e. The van der Waals surface area contributed by atoms with Crippen molar-refractivity contribution in [2.75, 3.05) is 31.1 Å². The number of para-hydroxylation sites is 1. The zero-order valence-corrected chi connectivity index (χ0v) is 16.8. The molecule has 0 atom stereocenters. The first-order chi connectivity index (χ1) is 13.8. The summed E-state index contributed by atoms with van der Waals surface area (Å²) in [7, 11) is -3.61. The van der Waals surface area contributed by atoms with Gasteiger partial charge in [0.05, 0.1) is 5.52 Å². The Morgan fingerprint density at radius 2 is 1.76 bits per heavy atom. The molecular weight excluding hydrogens is 425 g/mol. The summed E-state index contributed by atoms with van der Waals surface area (Å²) in [6.07, 6.45) is -4.19. The average molecular weight is 442 g/mol. The van der Waals surface area contributed by atoms with Crippen LogP contribution in [0.25, 0.3) is 10.9 Å². The number of fused-ring (bicyclic) bond motifs is 1. The topological polar surface area (TPSA) is 66.4 Å². The molecular formula is C18H17F3N4O2S2. The van der Waals surface area contributed by atoms with Crippen molar-refractivity contribution in [1.82, 2.24) is 14.3 Å². The average Bonchev–Trinajstić information content (AvgIpc) is 3.12. The number of aromatic nitrogens is 2. The molecule has 0 aliphatic carbocycles. The number of nitrogens with zero attached hydrogens (tertiary/aromatic N) is 4. The Balaban J connectivity index is 1.67. The van der Waals surface area contributed by atoms with Gasteiger partial charge in [-0.3, -0.25) is 0 Å². The maximum atomic E-state index is 13.3. The number of hydrogen-bond donors (Lipinski definition) is 0. The molecule has 0 unspecified atom stereocenters. The molecule has 0 N–H and O–H groups in total. The Kier molecular flexibility index (Phi) is 5.21. The van der Waals surface area contributed by atoms with Gasteiger partial charge in [-0.15, -0.1) is 11.3 Å². The Bertz CT molecular complexity index is 1120. The summed E-state index contributed by atoms with van der Waals surface area (Å²) in [6, 6.07) is 9.76. The van der Waals surface area contributed by atoms with Gasteiger partial charge >= 0.3 is 6.18 Å². The number of rotatable bonds is 3. The first-order valence-corrected chi connectivity index (χ1v) is 11.2. The van der Waals surface area contributed by atoms with Crippen LogP contribution in [0.1, 0.15) is 12.2 Å². The summed E-state index contributed by atoms with van der Waals surface area (Å²) < 4.78 is 67.1. The molecule has 4 rings (SSSR count). The van der Waals surface area contributed by atoms with Gasteiger partial charge < -0.3 is 4.90 Å². The summed E-state index contributed by atoms with van der Waals surface area (Å²) >= 11 is 1.15. The third-order valence-corrected chi connectivity index (χ3v) is 7.95. The zero-order chi connectivity index (χ0) is 20.6. The van der Waals surface area contributed by atoms with Gasteiger partial charge in [-0.25, -0.2) is 18.4 Å². The molecule has 3 heterocycles. The molecule has 29 heavy (non-hydrogen) atoms. The summed E-state index contributed by atoms with van der Waals surface area (Å²) in [5, 5.41) is 2.21. The first-order valence-electron chi connectivity index (χ1n) is 8.89. The molecule has 1 fully saturated rings. The van der Waals surface area contributed by atoms with E-state index in [1.54, 1.807) is 40.6 Å². The van der Waals surface area contributed by atoms with Gasteiger partial charge in [0.25, 0.3) is 10.0 Å². The van der Waals surface area contributed by atoms with Crippen LogP contribution in [0.3, 0.4) is 0 Å². The van der Waals surface area contributed by atoms with Gasteiger partial charge in [0, 0.05) is 31.6 Å². The van der Waals surface area contributed by atoms with E-state index in [4.69, 9.17) is 0 Å². The fourth-order valence-corrected chi connectivity index (χ4v) is 5.93. The molecule has 0 radical (unpaired) electrons. The van der Waals surface area contributed by atoms with E-state index in [1.807, 2.05) is 0 Å². The Labute approximate surface area is 169 Å². The van der Waals surface area contributed by atoms with Crippen molar-refractivity contribution < 1.29 is 21.6 Å². The Morgan fingerprint density at radius 1 is 0.966 bits per heavy atom. The number of sulfonamides is 1. The molecule has 0 bridgehead atoms. The summed E-state index contributed by atoms with van der Waals surface area (Å²) in [5.41, 5.74) is 0.206. The van der Waals surface area contributed by atoms with Crippen LogP contribution < -0.4 is 4.90 Å². The smallest absolute Gasteiger partial charge is 0.355 e. The second kappa shape index (κ2) is 7.54. The quantitative estimate of drug-likeness (QED) is 0.620. The molecule has 1 aliphatic rings. The van der Waals surface area contributed by atoms with Crippen LogP contribution in [0.2, 0.25) is 0 Å². The van der Waals surface area contributed by atoms with E-state index < -0.39 is 22.0 Å². The molecule has 11 heteroatoms.